The number of pyridine rings is 1. The van der Waals surface area contributed by atoms with Gasteiger partial charge in [-0.05, 0) is 42.8 Å². The third-order valence-corrected chi connectivity index (χ3v) is 4.92. The summed E-state index contributed by atoms with van der Waals surface area (Å²) >= 11 is 0. The van der Waals surface area contributed by atoms with Gasteiger partial charge >= 0.3 is 5.97 Å². The van der Waals surface area contributed by atoms with Crippen LogP contribution in [0.1, 0.15) is 33.3 Å². The van der Waals surface area contributed by atoms with E-state index in [0.717, 1.165) is 5.56 Å². The van der Waals surface area contributed by atoms with E-state index < -0.39 is 11.8 Å². The van der Waals surface area contributed by atoms with Crippen molar-refractivity contribution in [3.05, 3.63) is 95.6 Å². The summed E-state index contributed by atoms with van der Waals surface area (Å²) in [6.07, 6.45) is 2.33. The first-order valence-corrected chi connectivity index (χ1v) is 9.86. The molecule has 0 saturated heterocycles. The molecule has 2 heterocycles. The van der Waals surface area contributed by atoms with E-state index in [0.29, 0.717) is 23.1 Å². The Morgan fingerprint density at radius 2 is 1.84 bits per heavy atom. The SMILES string of the molecule is CCOC(=O)c1c(-c2cc(F)ccc2OCc2ccccc2)c(C=O)n2ccccc12. The fraction of sp³-hybridized carbons (Fsp3) is 0.120. The molecule has 4 rings (SSSR count). The van der Waals surface area contributed by atoms with Crippen LogP contribution in [0.2, 0.25) is 0 Å². The summed E-state index contributed by atoms with van der Waals surface area (Å²) in [5.41, 5.74) is 2.43. The van der Waals surface area contributed by atoms with Crippen LogP contribution in [0.25, 0.3) is 16.6 Å². The second-order valence-electron chi connectivity index (χ2n) is 6.84. The van der Waals surface area contributed by atoms with Gasteiger partial charge in [0, 0.05) is 17.3 Å². The van der Waals surface area contributed by atoms with Crippen molar-refractivity contribution < 1.29 is 23.5 Å². The van der Waals surface area contributed by atoms with E-state index in [-0.39, 0.29) is 30.0 Å². The topological polar surface area (TPSA) is 57.0 Å². The van der Waals surface area contributed by atoms with E-state index in [1.54, 1.807) is 35.7 Å². The second-order valence-corrected chi connectivity index (χ2v) is 6.84. The summed E-state index contributed by atoms with van der Waals surface area (Å²) < 4.78 is 27.1. The van der Waals surface area contributed by atoms with Crippen molar-refractivity contribution in [1.82, 2.24) is 4.40 Å². The van der Waals surface area contributed by atoms with Gasteiger partial charge in [0.25, 0.3) is 0 Å². The summed E-state index contributed by atoms with van der Waals surface area (Å²) in [6.45, 7) is 2.12. The molecule has 0 aliphatic rings. The van der Waals surface area contributed by atoms with Crippen molar-refractivity contribution >= 4 is 17.8 Å². The zero-order valence-electron chi connectivity index (χ0n) is 16.9. The maximum atomic E-state index is 14.3. The van der Waals surface area contributed by atoms with Gasteiger partial charge in [0.2, 0.25) is 0 Å². The first-order valence-electron chi connectivity index (χ1n) is 9.86. The largest absolute Gasteiger partial charge is 0.488 e. The Morgan fingerprint density at radius 3 is 2.58 bits per heavy atom. The van der Waals surface area contributed by atoms with E-state index >= 15 is 0 Å². The molecule has 4 aromatic rings. The number of benzene rings is 2. The first kappa shape index (κ1) is 20.3. The second kappa shape index (κ2) is 8.83. The van der Waals surface area contributed by atoms with Gasteiger partial charge in [-0.25, -0.2) is 9.18 Å². The van der Waals surface area contributed by atoms with Gasteiger partial charge in [-0.3, -0.25) is 4.79 Å². The molecule has 2 aromatic carbocycles. The van der Waals surface area contributed by atoms with Crippen LogP contribution in [-0.2, 0) is 11.3 Å². The number of halogens is 1. The van der Waals surface area contributed by atoms with Crippen molar-refractivity contribution in [2.75, 3.05) is 6.61 Å². The molecular weight excluding hydrogens is 397 g/mol. The number of hydrogen-bond donors (Lipinski definition) is 0. The number of aldehydes is 1. The van der Waals surface area contributed by atoms with Crippen LogP contribution in [0.3, 0.4) is 0 Å². The number of rotatable bonds is 7. The molecular formula is C25H20FNO4. The summed E-state index contributed by atoms with van der Waals surface area (Å²) in [5.74, 6) is -0.744. The molecule has 31 heavy (non-hydrogen) atoms. The number of esters is 1. The van der Waals surface area contributed by atoms with Crippen LogP contribution in [0.4, 0.5) is 4.39 Å². The minimum absolute atomic E-state index is 0.166. The molecule has 0 amide bonds. The zero-order chi connectivity index (χ0) is 21.8. The summed E-state index contributed by atoms with van der Waals surface area (Å²) in [6, 6.07) is 18.8. The lowest BCUT2D eigenvalue weighted by Gasteiger charge is -2.13. The Kier molecular flexibility index (Phi) is 5.80. The number of fused-ring (bicyclic) bond motifs is 1. The minimum Gasteiger partial charge on any atom is -0.488 e. The molecule has 0 fully saturated rings. The van der Waals surface area contributed by atoms with Crippen LogP contribution in [0.5, 0.6) is 5.75 Å². The highest BCUT2D eigenvalue weighted by molar-refractivity contribution is 6.09. The van der Waals surface area contributed by atoms with Crippen molar-refractivity contribution in [2.24, 2.45) is 0 Å². The highest BCUT2D eigenvalue weighted by Crippen LogP contribution is 2.39. The third kappa shape index (κ3) is 3.92. The number of aromatic nitrogens is 1. The van der Waals surface area contributed by atoms with Gasteiger partial charge in [0.1, 0.15) is 18.2 Å². The number of nitrogens with zero attached hydrogens (tertiary/aromatic N) is 1. The molecule has 0 spiro atoms. The van der Waals surface area contributed by atoms with E-state index in [9.17, 15) is 14.0 Å². The van der Waals surface area contributed by atoms with E-state index in [4.69, 9.17) is 9.47 Å². The molecule has 0 radical (unpaired) electrons. The van der Waals surface area contributed by atoms with Crippen LogP contribution in [0.15, 0.2) is 72.9 Å². The normalized spacial score (nSPS) is 10.8. The average Bonchev–Trinajstić information content (AvgIpc) is 3.13. The van der Waals surface area contributed by atoms with Crippen LogP contribution in [-0.4, -0.2) is 23.3 Å². The summed E-state index contributed by atoms with van der Waals surface area (Å²) in [5, 5.41) is 0. The van der Waals surface area contributed by atoms with Crippen LogP contribution in [0, 0.1) is 5.82 Å². The molecule has 0 atom stereocenters. The smallest absolute Gasteiger partial charge is 0.340 e. The highest BCUT2D eigenvalue weighted by atomic mass is 19.1. The molecule has 0 N–H and O–H groups in total. The maximum absolute atomic E-state index is 14.3. The Balaban J connectivity index is 1.92. The third-order valence-electron chi connectivity index (χ3n) is 4.92. The molecule has 0 saturated carbocycles. The van der Waals surface area contributed by atoms with Gasteiger partial charge < -0.3 is 13.9 Å². The molecule has 0 unspecified atom stereocenters. The standard InChI is InChI=1S/C25H20FNO4/c1-2-30-25(29)24-20-10-6-7-13-27(20)21(15-28)23(24)19-14-18(26)11-12-22(19)31-16-17-8-4-3-5-9-17/h3-15H,2,16H2,1H3. The Hall–Kier alpha value is -3.93. The lowest BCUT2D eigenvalue weighted by atomic mass is 9.99. The predicted molar refractivity (Wildman–Crippen MR) is 115 cm³/mol. The van der Waals surface area contributed by atoms with Crippen molar-refractivity contribution in [2.45, 2.75) is 13.5 Å². The average molecular weight is 417 g/mol. The molecule has 0 aliphatic heterocycles. The number of carbonyl (C=O) groups excluding carboxylic acids is 2. The highest BCUT2D eigenvalue weighted by Gasteiger charge is 2.27. The quantitative estimate of drug-likeness (QED) is 0.302. The lowest BCUT2D eigenvalue weighted by molar-refractivity contribution is 0.0529. The van der Waals surface area contributed by atoms with Crippen molar-refractivity contribution in [3.63, 3.8) is 0 Å². The molecule has 156 valence electrons. The maximum Gasteiger partial charge on any atom is 0.340 e. The Labute approximate surface area is 178 Å². The van der Waals surface area contributed by atoms with E-state index in [1.807, 2.05) is 30.3 Å². The minimum atomic E-state index is -0.590. The number of hydrogen-bond acceptors (Lipinski definition) is 4. The molecule has 5 nitrogen and oxygen atoms in total. The lowest BCUT2D eigenvalue weighted by Crippen LogP contribution is -2.06. The van der Waals surface area contributed by atoms with E-state index in [1.165, 1.54) is 18.2 Å². The van der Waals surface area contributed by atoms with Crippen LogP contribution >= 0.6 is 0 Å². The number of ether oxygens (including phenoxy) is 2. The molecule has 6 heteroatoms. The van der Waals surface area contributed by atoms with Gasteiger partial charge in [-0.1, -0.05) is 36.4 Å². The monoisotopic (exact) mass is 417 g/mol. The predicted octanol–water partition coefficient (Wildman–Crippen LogP) is 5.31. The first-order chi connectivity index (χ1) is 15.1. The Morgan fingerprint density at radius 1 is 1.06 bits per heavy atom. The summed E-state index contributed by atoms with van der Waals surface area (Å²) in [7, 11) is 0. The van der Waals surface area contributed by atoms with Crippen LogP contribution < -0.4 is 4.74 Å². The van der Waals surface area contributed by atoms with Gasteiger partial charge in [0.05, 0.1) is 23.4 Å². The van der Waals surface area contributed by atoms with Crippen molar-refractivity contribution in [1.29, 1.82) is 0 Å². The molecule has 0 bridgehead atoms. The Bertz CT molecular complexity index is 1250. The zero-order valence-corrected chi connectivity index (χ0v) is 16.9. The van der Waals surface area contributed by atoms with Gasteiger partial charge in [-0.15, -0.1) is 0 Å². The fourth-order valence-electron chi connectivity index (χ4n) is 3.59. The van der Waals surface area contributed by atoms with Gasteiger partial charge in [-0.2, -0.15) is 0 Å². The summed E-state index contributed by atoms with van der Waals surface area (Å²) in [4.78, 5) is 24.9. The molecule has 2 aromatic heterocycles. The fourth-order valence-corrected chi connectivity index (χ4v) is 3.59. The van der Waals surface area contributed by atoms with Crippen molar-refractivity contribution in [3.8, 4) is 16.9 Å². The molecule has 0 aliphatic carbocycles. The van der Waals surface area contributed by atoms with E-state index in [2.05, 4.69) is 0 Å². The number of carbonyl (C=O) groups is 2. The van der Waals surface area contributed by atoms with Gasteiger partial charge in [0.15, 0.2) is 6.29 Å².